The fourth-order valence-corrected chi connectivity index (χ4v) is 1.76. The van der Waals surface area contributed by atoms with Crippen LogP contribution in [0.15, 0.2) is 4.79 Å². The maximum Gasteiger partial charge on any atom is 0.418 e. The van der Waals surface area contributed by atoms with Crippen molar-refractivity contribution >= 4 is 0 Å². The topological polar surface area (TPSA) is 32.9 Å². The van der Waals surface area contributed by atoms with Crippen molar-refractivity contribution in [1.29, 1.82) is 0 Å². The molecule has 0 fully saturated rings. The summed E-state index contributed by atoms with van der Waals surface area (Å²) in [4.78, 5) is 13.1. The molecule has 0 unspecified atom stereocenters. The molecule has 0 amide bonds. The molecular formula is C11H13F4NO. The third-order valence-electron chi connectivity index (χ3n) is 2.38. The number of halogens is 4. The van der Waals surface area contributed by atoms with Crippen LogP contribution >= 0.6 is 0 Å². The van der Waals surface area contributed by atoms with E-state index in [-0.39, 0.29) is 5.69 Å². The zero-order valence-corrected chi connectivity index (χ0v) is 9.92. The van der Waals surface area contributed by atoms with E-state index in [1.807, 2.05) is 4.98 Å². The van der Waals surface area contributed by atoms with Crippen molar-refractivity contribution < 1.29 is 17.6 Å². The fourth-order valence-electron chi connectivity index (χ4n) is 1.76. The smallest absolute Gasteiger partial charge is 0.323 e. The zero-order chi connectivity index (χ0) is 13.6. The summed E-state index contributed by atoms with van der Waals surface area (Å²) >= 11 is 0. The normalized spacial score (nSPS) is 12.9. The maximum atomic E-state index is 13.6. The Morgan fingerprint density at radius 3 is 1.88 bits per heavy atom. The van der Waals surface area contributed by atoms with Gasteiger partial charge in [-0.25, -0.2) is 4.39 Å². The molecule has 1 N–H and O–H groups in total. The van der Waals surface area contributed by atoms with E-state index in [0.29, 0.717) is 0 Å². The molecule has 0 saturated carbocycles. The average molecular weight is 251 g/mol. The highest BCUT2D eigenvalue weighted by atomic mass is 19.4. The molecule has 0 bridgehead atoms. The van der Waals surface area contributed by atoms with Crippen LogP contribution in [0.1, 0.15) is 37.6 Å². The first-order valence-corrected chi connectivity index (χ1v) is 4.96. The number of aromatic nitrogens is 1. The lowest BCUT2D eigenvalue weighted by molar-refractivity contribution is -0.139. The molecule has 96 valence electrons. The van der Waals surface area contributed by atoms with E-state index in [9.17, 15) is 22.4 Å². The van der Waals surface area contributed by atoms with E-state index < -0.39 is 34.1 Å². The van der Waals surface area contributed by atoms with Crippen LogP contribution in [0, 0.1) is 12.7 Å². The molecule has 0 aliphatic rings. The van der Waals surface area contributed by atoms with E-state index in [4.69, 9.17) is 0 Å². The van der Waals surface area contributed by atoms with Gasteiger partial charge in [0.2, 0.25) is 0 Å². The summed E-state index contributed by atoms with van der Waals surface area (Å²) in [6.45, 7) is 5.40. The minimum absolute atomic E-state index is 0.367. The zero-order valence-electron chi connectivity index (χ0n) is 9.92. The Balaban J connectivity index is 3.82. The number of H-pyrrole nitrogens is 1. The lowest BCUT2D eigenvalue weighted by atomic mass is 9.83. The summed E-state index contributed by atoms with van der Waals surface area (Å²) in [7, 11) is 0. The molecule has 6 heteroatoms. The minimum atomic E-state index is -4.70. The largest absolute Gasteiger partial charge is 0.418 e. The Kier molecular flexibility index (Phi) is 3.11. The lowest BCUT2D eigenvalue weighted by Gasteiger charge is -2.25. The molecule has 0 radical (unpaired) electrons. The predicted molar refractivity (Wildman–Crippen MR) is 55.5 cm³/mol. The van der Waals surface area contributed by atoms with Crippen molar-refractivity contribution in [2.75, 3.05) is 0 Å². The van der Waals surface area contributed by atoms with Crippen LogP contribution < -0.4 is 5.56 Å². The second kappa shape index (κ2) is 3.85. The summed E-state index contributed by atoms with van der Waals surface area (Å²) in [5, 5.41) is 0. The van der Waals surface area contributed by atoms with E-state index in [1.165, 1.54) is 20.8 Å². The third-order valence-corrected chi connectivity index (χ3v) is 2.38. The highest BCUT2D eigenvalue weighted by molar-refractivity contribution is 5.38. The Hall–Kier alpha value is -1.33. The molecule has 1 aromatic heterocycles. The van der Waals surface area contributed by atoms with E-state index in [0.717, 1.165) is 6.92 Å². The molecule has 0 aliphatic carbocycles. The molecule has 0 aliphatic heterocycles. The highest BCUT2D eigenvalue weighted by Crippen LogP contribution is 2.39. The first kappa shape index (κ1) is 13.7. The first-order valence-electron chi connectivity index (χ1n) is 4.96. The third kappa shape index (κ3) is 2.50. The second-order valence-electron chi connectivity index (χ2n) is 4.89. The van der Waals surface area contributed by atoms with Crippen LogP contribution in [0.2, 0.25) is 0 Å². The summed E-state index contributed by atoms with van der Waals surface area (Å²) in [5.41, 5.74) is -4.28. The van der Waals surface area contributed by atoms with Crippen LogP contribution in [-0.4, -0.2) is 4.98 Å². The van der Waals surface area contributed by atoms with Gasteiger partial charge in [-0.3, -0.25) is 4.79 Å². The SMILES string of the molecule is Cc1[nH]c(=O)c(F)c(C(C)(C)C)c1C(F)(F)F. The van der Waals surface area contributed by atoms with Gasteiger partial charge >= 0.3 is 6.18 Å². The van der Waals surface area contributed by atoms with Crippen LogP contribution in [0.3, 0.4) is 0 Å². The van der Waals surface area contributed by atoms with Gasteiger partial charge in [-0.15, -0.1) is 0 Å². The van der Waals surface area contributed by atoms with Crippen molar-refractivity contribution in [3.8, 4) is 0 Å². The number of aryl methyl sites for hydroxylation is 1. The molecule has 1 aromatic rings. The molecule has 0 atom stereocenters. The second-order valence-corrected chi connectivity index (χ2v) is 4.89. The highest BCUT2D eigenvalue weighted by Gasteiger charge is 2.41. The number of hydrogen-bond donors (Lipinski definition) is 1. The van der Waals surface area contributed by atoms with Crippen molar-refractivity contribution in [3.05, 3.63) is 33.0 Å². The Bertz CT molecular complexity index is 494. The van der Waals surface area contributed by atoms with Gasteiger partial charge in [-0.2, -0.15) is 13.2 Å². The summed E-state index contributed by atoms with van der Waals surface area (Å²) < 4.78 is 52.2. The van der Waals surface area contributed by atoms with Gasteiger partial charge in [0.15, 0.2) is 5.82 Å². The van der Waals surface area contributed by atoms with Crippen molar-refractivity contribution in [2.45, 2.75) is 39.3 Å². The van der Waals surface area contributed by atoms with Gasteiger partial charge in [0.05, 0.1) is 5.56 Å². The molecular weight excluding hydrogens is 238 g/mol. The van der Waals surface area contributed by atoms with E-state index in [2.05, 4.69) is 0 Å². The number of pyridine rings is 1. The van der Waals surface area contributed by atoms with Gasteiger partial charge in [0.25, 0.3) is 5.56 Å². The fraction of sp³-hybridized carbons (Fsp3) is 0.545. The number of alkyl halides is 3. The molecule has 0 aromatic carbocycles. The Morgan fingerprint density at radius 1 is 1.06 bits per heavy atom. The van der Waals surface area contributed by atoms with Crippen LogP contribution in [0.5, 0.6) is 0 Å². The number of hydrogen-bond acceptors (Lipinski definition) is 1. The summed E-state index contributed by atoms with van der Waals surface area (Å²) in [6.07, 6.45) is -4.70. The molecule has 17 heavy (non-hydrogen) atoms. The standard InChI is InChI=1S/C11H13F4NO/c1-5-6(11(13,14)15)7(10(2,3)4)8(12)9(17)16-5/h1-4H3,(H,16,17). The van der Waals surface area contributed by atoms with Crippen molar-refractivity contribution in [1.82, 2.24) is 4.98 Å². The predicted octanol–water partition coefficient (Wildman–Crippen LogP) is 3.14. The minimum Gasteiger partial charge on any atom is -0.323 e. The average Bonchev–Trinajstić information content (AvgIpc) is 2.06. The van der Waals surface area contributed by atoms with E-state index >= 15 is 0 Å². The molecule has 0 spiro atoms. The van der Waals surface area contributed by atoms with Crippen molar-refractivity contribution in [2.24, 2.45) is 0 Å². The van der Waals surface area contributed by atoms with Crippen LogP contribution in [0.25, 0.3) is 0 Å². The number of nitrogens with one attached hydrogen (secondary N) is 1. The van der Waals surface area contributed by atoms with Crippen LogP contribution in [0.4, 0.5) is 17.6 Å². The van der Waals surface area contributed by atoms with E-state index in [1.54, 1.807) is 0 Å². The number of aromatic amines is 1. The Labute approximate surface area is 95.7 Å². The number of rotatable bonds is 0. The van der Waals surface area contributed by atoms with Gasteiger partial charge in [0.1, 0.15) is 0 Å². The van der Waals surface area contributed by atoms with Crippen LogP contribution in [-0.2, 0) is 11.6 Å². The summed E-state index contributed by atoms with van der Waals surface area (Å²) in [5.74, 6) is -1.37. The first-order chi connectivity index (χ1) is 7.46. The lowest BCUT2D eigenvalue weighted by Crippen LogP contribution is -2.29. The molecule has 0 saturated heterocycles. The molecule has 1 rings (SSSR count). The van der Waals surface area contributed by atoms with Gasteiger partial charge in [-0.05, 0) is 12.3 Å². The quantitative estimate of drug-likeness (QED) is 0.706. The van der Waals surface area contributed by atoms with Gasteiger partial charge in [-0.1, -0.05) is 20.8 Å². The molecule has 2 nitrogen and oxygen atoms in total. The monoisotopic (exact) mass is 251 g/mol. The Morgan fingerprint density at radius 2 is 1.53 bits per heavy atom. The summed E-state index contributed by atoms with van der Waals surface area (Å²) in [6, 6.07) is 0. The van der Waals surface area contributed by atoms with Gasteiger partial charge in [0, 0.05) is 11.3 Å². The van der Waals surface area contributed by atoms with Gasteiger partial charge < -0.3 is 4.98 Å². The van der Waals surface area contributed by atoms with Crippen molar-refractivity contribution in [3.63, 3.8) is 0 Å². The maximum absolute atomic E-state index is 13.6. The molecule has 1 heterocycles.